The number of ether oxygens (including phenoxy) is 2. The fraction of sp³-hybridized carbons (Fsp3) is 0.533. The first-order valence-corrected chi connectivity index (χ1v) is 7.83. The van der Waals surface area contributed by atoms with Gasteiger partial charge in [-0.3, -0.25) is 0 Å². The normalized spacial score (nSPS) is 19.7. The van der Waals surface area contributed by atoms with Crippen molar-refractivity contribution in [3.05, 3.63) is 17.2 Å². The summed E-state index contributed by atoms with van der Waals surface area (Å²) >= 11 is 6.61. The maximum Gasteiger partial charge on any atom is 0.339 e. The molecule has 120 valence electrons. The van der Waals surface area contributed by atoms with Gasteiger partial charge in [-0.1, -0.05) is 0 Å². The second-order valence-electron chi connectivity index (χ2n) is 5.58. The number of hydrogen-bond acceptors (Lipinski definition) is 5. The van der Waals surface area contributed by atoms with Crippen molar-refractivity contribution in [2.24, 2.45) is 5.92 Å². The molecule has 1 aromatic rings. The Morgan fingerprint density at radius 3 is 2.59 bits per heavy atom. The lowest BCUT2D eigenvalue weighted by molar-refractivity contribution is 0.0686. The minimum absolute atomic E-state index is 0.0542. The summed E-state index contributed by atoms with van der Waals surface area (Å²) in [6.07, 6.45) is 1.87. The van der Waals surface area contributed by atoms with Gasteiger partial charge in [-0.2, -0.15) is 0 Å². The molecule has 0 bridgehead atoms. The first-order chi connectivity index (χ1) is 10.6. The van der Waals surface area contributed by atoms with E-state index in [0.717, 1.165) is 25.9 Å². The van der Waals surface area contributed by atoms with Gasteiger partial charge in [-0.25, -0.2) is 4.79 Å². The minimum atomic E-state index is -1.07. The molecular formula is C15H19ClN2O4. The van der Waals surface area contributed by atoms with Gasteiger partial charge in [-0.15, -0.1) is 11.6 Å². The van der Waals surface area contributed by atoms with E-state index in [1.165, 1.54) is 6.07 Å². The predicted octanol–water partition coefficient (Wildman–Crippen LogP) is 2.02. The SMILES string of the molecule is Nc1c(C(Cl)C2CCNCC2)cc(C(=O)O)c2c1OCCO2. The molecule has 22 heavy (non-hydrogen) atoms. The Hall–Kier alpha value is -1.66. The van der Waals surface area contributed by atoms with Gasteiger partial charge in [0.05, 0.1) is 11.1 Å². The average Bonchev–Trinajstić information content (AvgIpc) is 2.55. The minimum Gasteiger partial charge on any atom is -0.485 e. The summed E-state index contributed by atoms with van der Waals surface area (Å²) in [5.74, 6) is -0.304. The molecule has 7 heteroatoms. The fourth-order valence-electron chi connectivity index (χ4n) is 3.03. The number of carboxylic acid groups (broad SMARTS) is 1. The van der Waals surface area contributed by atoms with E-state index < -0.39 is 5.97 Å². The number of carbonyl (C=O) groups is 1. The van der Waals surface area contributed by atoms with Crippen LogP contribution < -0.4 is 20.5 Å². The van der Waals surface area contributed by atoms with Crippen molar-refractivity contribution in [2.45, 2.75) is 18.2 Å². The van der Waals surface area contributed by atoms with Crippen LogP contribution in [0.5, 0.6) is 11.5 Å². The van der Waals surface area contributed by atoms with Crippen LogP contribution in [-0.2, 0) is 0 Å². The highest BCUT2D eigenvalue weighted by atomic mass is 35.5. The van der Waals surface area contributed by atoms with Crippen molar-refractivity contribution in [2.75, 3.05) is 32.0 Å². The standard InChI is InChI=1S/C15H19ClN2O4/c16-11(8-1-3-18-4-2-8)9-7-10(15(19)20)13-14(12(9)17)22-6-5-21-13/h7-8,11,18H,1-6,17H2,(H,19,20). The lowest BCUT2D eigenvalue weighted by atomic mass is 9.88. The molecule has 2 heterocycles. The molecule has 4 N–H and O–H groups in total. The van der Waals surface area contributed by atoms with Gasteiger partial charge in [0.15, 0.2) is 11.5 Å². The van der Waals surface area contributed by atoms with Crippen molar-refractivity contribution in [3.8, 4) is 11.5 Å². The van der Waals surface area contributed by atoms with Crippen LogP contribution in [-0.4, -0.2) is 37.4 Å². The molecular weight excluding hydrogens is 308 g/mol. The number of piperidine rings is 1. The summed E-state index contributed by atoms with van der Waals surface area (Å²) in [7, 11) is 0. The van der Waals surface area contributed by atoms with Crippen molar-refractivity contribution in [1.29, 1.82) is 0 Å². The molecule has 1 saturated heterocycles. The largest absolute Gasteiger partial charge is 0.485 e. The second-order valence-corrected chi connectivity index (χ2v) is 6.05. The maximum atomic E-state index is 11.5. The Morgan fingerprint density at radius 1 is 1.32 bits per heavy atom. The van der Waals surface area contributed by atoms with E-state index in [1.807, 2.05) is 0 Å². The van der Waals surface area contributed by atoms with Gasteiger partial charge in [0.25, 0.3) is 0 Å². The maximum absolute atomic E-state index is 11.5. The van der Waals surface area contributed by atoms with Crippen LogP contribution in [0, 0.1) is 5.92 Å². The van der Waals surface area contributed by atoms with E-state index in [9.17, 15) is 9.90 Å². The summed E-state index contributed by atoms with van der Waals surface area (Å²) in [6.45, 7) is 2.47. The van der Waals surface area contributed by atoms with E-state index >= 15 is 0 Å². The number of fused-ring (bicyclic) bond motifs is 1. The number of nitrogen functional groups attached to an aromatic ring is 1. The molecule has 0 aromatic heterocycles. The van der Waals surface area contributed by atoms with Crippen molar-refractivity contribution < 1.29 is 19.4 Å². The molecule has 0 saturated carbocycles. The third-order valence-corrected chi connectivity index (χ3v) is 4.80. The quantitative estimate of drug-likeness (QED) is 0.581. The number of rotatable bonds is 3. The molecule has 0 aliphatic carbocycles. The van der Waals surface area contributed by atoms with Crippen molar-refractivity contribution >= 4 is 23.3 Å². The smallest absolute Gasteiger partial charge is 0.339 e. The molecule has 0 spiro atoms. The second kappa shape index (κ2) is 6.22. The van der Waals surface area contributed by atoms with Crippen LogP contribution in [0.25, 0.3) is 0 Å². The van der Waals surface area contributed by atoms with Gasteiger partial charge in [0.2, 0.25) is 0 Å². The number of anilines is 1. The molecule has 1 unspecified atom stereocenters. The zero-order valence-corrected chi connectivity index (χ0v) is 12.9. The van der Waals surface area contributed by atoms with Gasteiger partial charge in [0, 0.05) is 0 Å². The van der Waals surface area contributed by atoms with Gasteiger partial charge in [-0.05, 0) is 43.5 Å². The topological polar surface area (TPSA) is 93.8 Å². The Kier molecular flexibility index (Phi) is 4.31. The number of nitrogens with one attached hydrogen (secondary N) is 1. The van der Waals surface area contributed by atoms with Gasteiger partial charge >= 0.3 is 5.97 Å². The molecule has 2 aliphatic heterocycles. The van der Waals surface area contributed by atoms with Crippen LogP contribution in [0.1, 0.15) is 34.1 Å². The summed E-state index contributed by atoms with van der Waals surface area (Å²) < 4.78 is 11.0. The van der Waals surface area contributed by atoms with Crippen LogP contribution >= 0.6 is 11.6 Å². The summed E-state index contributed by atoms with van der Waals surface area (Å²) in [6, 6.07) is 1.53. The Bertz CT molecular complexity index is 587. The average molecular weight is 327 g/mol. The Morgan fingerprint density at radius 2 is 1.95 bits per heavy atom. The highest BCUT2D eigenvalue weighted by molar-refractivity contribution is 6.21. The fourth-order valence-corrected chi connectivity index (χ4v) is 3.46. The van der Waals surface area contributed by atoms with Crippen molar-refractivity contribution in [1.82, 2.24) is 5.32 Å². The Labute approximate surface area is 133 Å². The Balaban J connectivity index is 2.03. The van der Waals surface area contributed by atoms with E-state index in [1.54, 1.807) is 0 Å². The van der Waals surface area contributed by atoms with Crippen LogP contribution in [0.3, 0.4) is 0 Å². The zero-order valence-electron chi connectivity index (χ0n) is 12.1. The molecule has 0 amide bonds. The van der Waals surface area contributed by atoms with Crippen LogP contribution in [0.4, 0.5) is 5.69 Å². The predicted molar refractivity (Wildman–Crippen MR) is 83.0 cm³/mol. The number of aromatic carboxylic acids is 1. The molecule has 6 nitrogen and oxygen atoms in total. The number of nitrogens with two attached hydrogens (primary N) is 1. The highest BCUT2D eigenvalue weighted by Crippen LogP contribution is 2.47. The molecule has 0 radical (unpaired) electrons. The molecule has 1 atom stereocenters. The third-order valence-electron chi connectivity index (χ3n) is 4.21. The molecule has 1 aromatic carbocycles. The number of hydrogen-bond donors (Lipinski definition) is 3. The lowest BCUT2D eigenvalue weighted by Crippen LogP contribution is -2.30. The lowest BCUT2D eigenvalue weighted by Gasteiger charge is -2.29. The van der Waals surface area contributed by atoms with Crippen molar-refractivity contribution in [3.63, 3.8) is 0 Å². The molecule has 1 fully saturated rings. The first kappa shape index (κ1) is 15.2. The third kappa shape index (κ3) is 2.68. The summed E-state index contributed by atoms with van der Waals surface area (Å²) in [5, 5.41) is 12.4. The number of halogens is 1. The number of carboxylic acids is 1. The van der Waals surface area contributed by atoms with Gasteiger partial charge in [0.1, 0.15) is 18.8 Å². The van der Waals surface area contributed by atoms with E-state index in [-0.39, 0.29) is 22.6 Å². The highest BCUT2D eigenvalue weighted by Gasteiger charge is 2.31. The van der Waals surface area contributed by atoms with Gasteiger partial charge < -0.3 is 25.6 Å². The van der Waals surface area contributed by atoms with E-state index in [0.29, 0.717) is 30.2 Å². The van der Waals surface area contributed by atoms with Crippen LogP contribution in [0.2, 0.25) is 0 Å². The molecule has 3 rings (SSSR count). The monoisotopic (exact) mass is 326 g/mol. The summed E-state index contributed by atoms with van der Waals surface area (Å²) in [4.78, 5) is 11.5. The first-order valence-electron chi connectivity index (χ1n) is 7.39. The van der Waals surface area contributed by atoms with E-state index in [2.05, 4.69) is 5.32 Å². The van der Waals surface area contributed by atoms with Crippen LogP contribution in [0.15, 0.2) is 6.07 Å². The van der Waals surface area contributed by atoms with E-state index in [4.69, 9.17) is 26.8 Å². The number of benzene rings is 1. The zero-order chi connectivity index (χ0) is 15.7. The number of alkyl halides is 1. The molecule has 2 aliphatic rings. The summed E-state index contributed by atoms with van der Waals surface area (Å²) in [5.41, 5.74) is 7.24.